The summed E-state index contributed by atoms with van der Waals surface area (Å²) in [5.41, 5.74) is -2.86. The SMILES string of the molecule is CC(C)(C)C(OC(=O)/C=C\C(=O)O)C(F)(F)C(F)(F)C(F)(F)C(F)(F)C(F)(F)C(F)(F)C(F)(F)C(F)(F)C(F)(F)F. The van der Waals surface area contributed by atoms with Crippen molar-refractivity contribution in [2.75, 3.05) is 0 Å². The highest BCUT2D eigenvalue weighted by Crippen LogP contribution is 2.65. The summed E-state index contributed by atoms with van der Waals surface area (Å²) in [4.78, 5) is 21.8. The van der Waals surface area contributed by atoms with E-state index in [0.29, 0.717) is 0 Å². The highest BCUT2D eigenvalue weighted by molar-refractivity contribution is 5.90. The first kappa shape index (κ1) is 38.4. The number of esters is 1. The zero-order chi connectivity index (χ0) is 33.9. The molecule has 0 spiro atoms. The zero-order valence-corrected chi connectivity index (χ0v) is 19.6. The van der Waals surface area contributed by atoms with E-state index in [2.05, 4.69) is 4.74 Å². The molecule has 0 aliphatic carbocycles. The van der Waals surface area contributed by atoms with Gasteiger partial charge in [0.25, 0.3) is 0 Å². The van der Waals surface area contributed by atoms with E-state index in [-0.39, 0.29) is 32.9 Å². The van der Waals surface area contributed by atoms with E-state index in [0.717, 1.165) is 0 Å². The number of hydrogen-bond acceptors (Lipinski definition) is 3. The molecule has 1 unspecified atom stereocenters. The monoisotopic (exact) mass is 654 g/mol. The molecule has 0 fully saturated rings. The van der Waals surface area contributed by atoms with Crippen molar-refractivity contribution in [3.63, 3.8) is 0 Å². The summed E-state index contributed by atoms with van der Waals surface area (Å²) in [6, 6.07) is 0. The van der Waals surface area contributed by atoms with Gasteiger partial charge in [-0.15, -0.1) is 0 Å². The summed E-state index contributed by atoms with van der Waals surface area (Å²) in [6.07, 6.45) is -12.8. The minimum Gasteiger partial charge on any atom is -0.478 e. The van der Waals surface area contributed by atoms with Crippen LogP contribution in [-0.2, 0) is 14.3 Å². The van der Waals surface area contributed by atoms with Crippen LogP contribution in [0.4, 0.5) is 83.4 Å². The summed E-state index contributed by atoms with van der Waals surface area (Å²) in [6.45, 7) is 0.859. The quantitative estimate of drug-likeness (QED) is 0.145. The summed E-state index contributed by atoms with van der Waals surface area (Å²) >= 11 is 0. The van der Waals surface area contributed by atoms with Gasteiger partial charge in [-0.25, -0.2) is 9.59 Å². The van der Waals surface area contributed by atoms with Crippen molar-refractivity contribution in [3.8, 4) is 0 Å². The number of carbonyl (C=O) groups is 2. The fraction of sp³-hybridized carbons (Fsp3) is 0.778. The molecule has 0 amide bonds. The molecule has 0 saturated carbocycles. The van der Waals surface area contributed by atoms with Gasteiger partial charge in [0, 0.05) is 17.6 Å². The lowest BCUT2D eigenvalue weighted by molar-refractivity contribution is -0.471. The van der Waals surface area contributed by atoms with Gasteiger partial charge in [0.05, 0.1) is 0 Å². The standard InChI is InChI=1S/C18H13F19O4/c1-9(2,3)8(41-7(40)5-4-6(38)39)10(19,20)11(21,22)12(23,24)13(25,26)14(27,28)15(29,30)16(31,32)17(33,34)18(35,36)37/h4-5,8H,1-3H3,(H,38,39)/b5-4-. The Kier molecular flexibility index (Phi) is 9.60. The highest BCUT2D eigenvalue weighted by Gasteiger charge is 2.97. The third-order valence-corrected chi connectivity index (χ3v) is 4.85. The summed E-state index contributed by atoms with van der Waals surface area (Å²) in [5, 5.41) is 8.30. The maximum atomic E-state index is 14.6. The molecule has 1 N–H and O–H groups in total. The predicted molar refractivity (Wildman–Crippen MR) is 91.7 cm³/mol. The van der Waals surface area contributed by atoms with Gasteiger partial charge < -0.3 is 9.84 Å². The largest absolute Gasteiger partial charge is 0.478 e. The summed E-state index contributed by atoms with van der Waals surface area (Å²) in [7, 11) is 0. The fourth-order valence-corrected chi connectivity index (χ4v) is 2.63. The lowest BCUT2D eigenvalue weighted by atomic mass is 9.79. The Bertz CT molecular complexity index is 1020. The Morgan fingerprint density at radius 2 is 0.829 bits per heavy atom. The number of aliphatic carboxylic acids is 1. The van der Waals surface area contributed by atoms with E-state index in [1.54, 1.807) is 0 Å². The number of carboxylic acids is 1. The molecule has 0 bridgehead atoms. The van der Waals surface area contributed by atoms with E-state index in [9.17, 15) is 93.0 Å². The summed E-state index contributed by atoms with van der Waals surface area (Å²) in [5.74, 6) is -72.9. The molecule has 0 aromatic rings. The molecule has 242 valence electrons. The van der Waals surface area contributed by atoms with E-state index < -0.39 is 77.0 Å². The number of halogens is 19. The van der Waals surface area contributed by atoms with Crippen molar-refractivity contribution in [1.29, 1.82) is 0 Å². The molecule has 0 radical (unpaired) electrons. The molecule has 23 heteroatoms. The first-order valence-electron chi connectivity index (χ1n) is 9.65. The Hall–Kier alpha value is -2.65. The van der Waals surface area contributed by atoms with Gasteiger partial charge >= 0.3 is 65.5 Å². The number of carbonyl (C=O) groups excluding carboxylic acids is 1. The van der Waals surface area contributed by atoms with E-state index in [1.165, 1.54) is 0 Å². The molecule has 0 saturated heterocycles. The van der Waals surface area contributed by atoms with Crippen molar-refractivity contribution >= 4 is 11.9 Å². The minimum absolute atomic E-state index is 0.249. The molecule has 0 aromatic heterocycles. The Morgan fingerprint density at radius 3 is 1.10 bits per heavy atom. The third-order valence-electron chi connectivity index (χ3n) is 4.85. The maximum absolute atomic E-state index is 14.6. The van der Waals surface area contributed by atoms with Crippen molar-refractivity contribution in [3.05, 3.63) is 12.2 Å². The predicted octanol–water partition coefficient (Wildman–Crippen LogP) is 7.23. The van der Waals surface area contributed by atoms with Gasteiger partial charge in [-0.3, -0.25) is 0 Å². The number of ether oxygens (including phenoxy) is 1. The maximum Gasteiger partial charge on any atom is 0.460 e. The van der Waals surface area contributed by atoms with Gasteiger partial charge in [0.1, 0.15) is 0 Å². The average Bonchev–Trinajstić information content (AvgIpc) is 2.73. The molecule has 0 heterocycles. The van der Waals surface area contributed by atoms with Crippen LogP contribution in [0.3, 0.4) is 0 Å². The second-order valence-corrected chi connectivity index (χ2v) is 9.00. The highest BCUT2D eigenvalue weighted by atomic mass is 19.4. The van der Waals surface area contributed by atoms with Crippen molar-refractivity contribution in [1.82, 2.24) is 0 Å². The van der Waals surface area contributed by atoms with Gasteiger partial charge in [0.2, 0.25) is 0 Å². The van der Waals surface area contributed by atoms with Crippen molar-refractivity contribution < 1.29 is 103 Å². The summed E-state index contributed by atoms with van der Waals surface area (Å²) < 4.78 is 260. The van der Waals surface area contributed by atoms with Crippen LogP contribution in [0.5, 0.6) is 0 Å². The molecule has 0 aliphatic heterocycles. The van der Waals surface area contributed by atoms with Gasteiger partial charge in [-0.05, 0) is 0 Å². The molecule has 0 aliphatic rings. The van der Waals surface area contributed by atoms with Crippen LogP contribution in [0, 0.1) is 5.41 Å². The van der Waals surface area contributed by atoms with Crippen LogP contribution in [0.15, 0.2) is 12.2 Å². The zero-order valence-electron chi connectivity index (χ0n) is 19.6. The molecule has 41 heavy (non-hydrogen) atoms. The first-order chi connectivity index (χ1) is 17.4. The van der Waals surface area contributed by atoms with E-state index in [4.69, 9.17) is 5.11 Å². The molecular weight excluding hydrogens is 641 g/mol. The van der Waals surface area contributed by atoms with E-state index in [1.807, 2.05) is 0 Å². The topological polar surface area (TPSA) is 63.6 Å². The average molecular weight is 654 g/mol. The molecule has 0 rings (SSSR count). The van der Waals surface area contributed by atoms with Crippen molar-refractivity contribution in [2.45, 2.75) is 80.4 Å². The second-order valence-electron chi connectivity index (χ2n) is 9.00. The van der Waals surface area contributed by atoms with Gasteiger partial charge in [0.15, 0.2) is 6.10 Å². The number of carboxylic acid groups (broad SMARTS) is 1. The second kappa shape index (κ2) is 10.3. The normalized spacial score (nSPS) is 16.6. The fourth-order valence-electron chi connectivity index (χ4n) is 2.63. The van der Waals surface area contributed by atoms with Gasteiger partial charge in [-0.1, -0.05) is 20.8 Å². The van der Waals surface area contributed by atoms with Gasteiger partial charge in [-0.2, -0.15) is 83.4 Å². The molecular formula is C18H13F19O4. The Morgan fingerprint density at radius 1 is 0.537 bits per heavy atom. The lowest BCUT2D eigenvalue weighted by Gasteiger charge is -2.45. The first-order valence-corrected chi connectivity index (χ1v) is 9.65. The number of alkyl halides is 19. The molecule has 1 atom stereocenters. The number of hydrogen-bond donors (Lipinski definition) is 1. The Balaban J connectivity index is 7.17. The van der Waals surface area contributed by atoms with Crippen LogP contribution in [0.1, 0.15) is 20.8 Å². The third kappa shape index (κ3) is 5.72. The molecule has 4 nitrogen and oxygen atoms in total. The van der Waals surface area contributed by atoms with Crippen LogP contribution < -0.4 is 0 Å². The van der Waals surface area contributed by atoms with Crippen LogP contribution >= 0.6 is 0 Å². The van der Waals surface area contributed by atoms with Crippen LogP contribution in [0.25, 0.3) is 0 Å². The van der Waals surface area contributed by atoms with Crippen LogP contribution in [0.2, 0.25) is 0 Å². The van der Waals surface area contributed by atoms with E-state index >= 15 is 0 Å². The van der Waals surface area contributed by atoms with Crippen LogP contribution in [-0.4, -0.2) is 76.7 Å². The minimum atomic E-state index is -9.08. The number of rotatable bonds is 11. The van der Waals surface area contributed by atoms with Crippen molar-refractivity contribution in [2.24, 2.45) is 5.41 Å². The smallest absolute Gasteiger partial charge is 0.460 e. The molecule has 0 aromatic carbocycles. The lowest BCUT2D eigenvalue weighted by Crippen LogP contribution is -2.76. The Labute approximate surface area is 214 Å².